The Balaban J connectivity index is 1.60. The van der Waals surface area contributed by atoms with E-state index in [-0.39, 0.29) is 36.7 Å². The molecule has 33 heavy (non-hydrogen) atoms. The fourth-order valence-corrected chi connectivity index (χ4v) is 4.11. The van der Waals surface area contributed by atoms with E-state index < -0.39 is 0 Å². The van der Waals surface area contributed by atoms with Crippen LogP contribution in [0, 0.1) is 0 Å². The number of hydrogen-bond acceptors (Lipinski definition) is 7. The molecule has 2 aromatic carbocycles. The molecule has 8 heteroatoms. The van der Waals surface area contributed by atoms with Crippen LogP contribution < -0.4 is 9.47 Å². The van der Waals surface area contributed by atoms with Crippen molar-refractivity contribution in [2.24, 2.45) is 5.16 Å². The molecule has 0 bridgehead atoms. The van der Waals surface area contributed by atoms with Crippen molar-refractivity contribution in [3.63, 3.8) is 0 Å². The van der Waals surface area contributed by atoms with Crippen LogP contribution in [0.25, 0.3) is 0 Å². The van der Waals surface area contributed by atoms with Gasteiger partial charge in [0.25, 0.3) is 5.91 Å². The molecular weight excluding hydrogens is 424 g/mol. The first-order valence-corrected chi connectivity index (χ1v) is 11.3. The molecule has 0 spiro atoms. The quantitative estimate of drug-likeness (QED) is 0.486. The van der Waals surface area contributed by atoms with Crippen molar-refractivity contribution in [2.75, 3.05) is 26.5 Å². The van der Waals surface area contributed by atoms with E-state index in [1.807, 2.05) is 32.0 Å². The molecule has 176 valence electrons. The number of rotatable bonds is 7. The number of nitrogens with zero attached hydrogens (tertiary/aromatic N) is 2. The largest absolute Gasteiger partial charge is 0.508 e. The van der Waals surface area contributed by atoms with Crippen molar-refractivity contribution in [3.05, 3.63) is 47.0 Å². The number of oxime groups is 1. The van der Waals surface area contributed by atoms with E-state index >= 15 is 0 Å². The Morgan fingerprint density at radius 2 is 1.82 bits per heavy atom. The lowest BCUT2D eigenvalue weighted by Crippen LogP contribution is -2.37. The zero-order valence-electron chi connectivity index (χ0n) is 19.0. The van der Waals surface area contributed by atoms with Gasteiger partial charge in [-0.3, -0.25) is 4.79 Å². The number of aromatic hydroxyl groups is 2. The summed E-state index contributed by atoms with van der Waals surface area (Å²) in [6, 6.07) is 8.61. The molecule has 0 saturated carbocycles. The van der Waals surface area contributed by atoms with Gasteiger partial charge in [-0.2, -0.15) is 0 Å². The summed E-state index contributed by atoms with van der Waals surface area (Å²) in [5.74, 6) is 1.18. The van der Waals surface area contributed by atoms with Crippen LogP contribution in [0.5, 0.6) is 23.0 Å². The van der Waals surface area contributed by atoms with E-state index in [9.17, 15) is 15.0 Å². The van der Waals surface area contributed by atoms with Crippen molar-refractivity contribution in [1.29, 1.82) is 0 Å². The highest BCUT2D eigenvalue weighted by Gasteiger charge is 2.20. The monoisotopic (exact) mass is 454 g/mol. The fourth-order valence-electron chi connectivity index (χ4n) is 4.11. The standard InChI is InChI=1S/C25H30N2O6/c1-16(2)18-12-19(22(29)13-21(18)28)20(10-17-6-7-23-24(11-17)32-15-31-23)26-33-14-25(30)27-8-4-3-5-9-27/h6-7,11-13,16,28-29H,3-5,8-10,14-15H2,1-2H3/b26-20+. The summed E-state index contributed by atoms with van der Waals surface area (Å²) < 4.78 is 10.8. The number of carbonyl (C=O) groups is 1. The van der Waals surface area contributed by atoms with Crippen molar-refractivity contribution in [3.8, 4) is 23.0 Å². The van der Waals surface area contributed by atoms with Crippen LogP contribution in [0.3, 0.4) is 0 Å². The van der Waals surface area contributed by atoms with Crippen LogP contribution >= 0.6 is 0 Å². The molecule has 2 aromatic rings. The van der Waals surface area contributed by atoms with Gasteiger partial charge in [-0.15, -0.1) is 0 Å². The van der Waals surface area contributed by atoms with Crippen LogP contribution in [0.2, 0.25) is 0 Å². The summed E-state index contributed by atoms with van der Waals surface area (Å²) in [4.78, 5) is 19.8. The number of fused-ring (bicyclic) bond motifs is 1. The first kappa shape index (κ1) is 22.8. The van der Waals surface area contributed by atoms with Gasteiger partial charge in [0.05, 0.1) is 5.71 Å². The molecule has 2 aliphatic rings. The maximum atomic E-state index is 12.5. The zero-order chi connectivity index (χ0) is 23.4. The number of phenolic OH excluding ortho intramolecular Hbond substituents is 2. The molecule has 0 aliphatic carbocycles. The number of carbonyl (C=O) groups excluding carboxylic acids is 1. The maximum Gasteiger partial charge on any atom is 0.263 e. The minimum atomic E-state index is -0.166. The molecule has 2 aliphatic heterocycles. The second kappa shape index (κ2) is 10.0. The van der Waals surface area contributed by atoms with Crippen molar-refractivity contribution >= 4 is 11.6 Å². The number of ether oxygens (including phenoxy) is 2. The highest BCUT2D eigenvalue weighted by Crippen LogP contribution is 2.35. The predicted octanol–water partition coefficient (Wildman–Crippen LogP) is 3.93. The third-order valence-corrected chi connectivity index (χ3v) is 5.96. The number of hydrogen-bond donors (Lipinski definition) is 2. The summed E-state index contributed by atoms with van der Waals surface area (Å²) in [7, 11) is 0. The fraction of sp³-hybridized carbons (Fsp3) is 0.440. The molecule has 0 radical (unpaired) electrons. The lowest BCUT2D eigenvalue weighted by molar-refractivity contribution is -0.137. The van der Waals surface area contributed by atoms with E-state index in [4.69, 9.17) is 14.3 Å². The second-order valence-corrected chi connectivity index (χ2v) is 8.70. The van der Waals surface area contributed by atoms with Crippen LogP contribution in [0.15, 0.2) is 35.5 Å². The molecule has 2 N–H and O–H groups in total. The first-order valence-electron chi connectivity index (χ1n) is 11.3. The van der Waals surface area contributed by atoms with Crippen LogP contribution in [-0.4, -0.2) is 53.2 Å². The van der Waals surface area contributed by atoms with Gasteiger partial charge in [-0.1, -0.05) is 25.1 Å². The van der Waals surface area contributed by atoms with Crippen LogP contribution in [-0.2, 0) is 16.1 Å². The summed E-state index contributed by atoms with van der Waals surface area (Å²) in [5.41, 5.74) is 2.45. The Morgan fingerprint density at radius 3 is 2.58 bits per heavy atom. The summed E-state index contributed by atoms with van der Waals surface area (Å²) in [5, 5.41) is 25.1. The van der Waals surface area contributed by atoms with Gasteiger partial charge in [-0.25, -0.2) is 0 Å². The lowest BCUT2D eigenvalue weighted by atomic mass is 9.94. The van der Waals surface area contributed by atoms with E-state index in [2.05, 4.69) is 5.16 Å². The number of amides is 1. The number of benzene rings is 2. The van der Waals surface area contributed by atoms with E-state index in [1.165, 1.54) is 6.07 Å². The SMILES string of the molecule is CC(C)c1cc(/C(Cc2ccc3c(c2)OCO3)=N/OCC(=O)N2CCCCC2)c(O)cc1O. The number of phenols is 2. The third kappa shape index (κ3) is 5.32. The topological polar surface area (TPSA) is 101 Å². The normalized spacial score (nSPS) is 15.7. The van der Waals surface area contributed by atoms with E-state index in [0.717, 1.165) is 37.9 Å². The Labute approximate surface area is 193 Å². The number of piperidine rings is 1. The molecule has 1 fully saturated rings. The van der Waals surface area contributed by atoms with Gasteiger partial charge in [0.2, 0.25) is 6.79 Å². The molecule has 4 rings (SSSR count). The molecule has 1 amide bonds. The molecular formula is C25H30N2O6. The van der Waals surface area contributed by atoms with Gasteiger partial charge >= 0.3 is 0 Å². The maximum absolute atomic E-state index is 12.5. The highest BCUT2D eigenvalue weighted by molar-refractivity contribution is 6.04. The van der Waals surface area contributed by atoms with Crippen molar-refractivity contribution < 1.29 is 29.3 Å². The van der Waals surface area contributed by atoms with E-state index in [0.29, 0.717) is 34.8 Å². The molecule has 0 atom stereocenters. The molecule has 2 heterocycles. The highest BCUT2D eigenvalue weighted by atomic mass is 16.7. The smallest absolute Gasteiger partial charge is 0.263 e. The molecule has 0 unspecified atom stereocenters. The lowest BCUT2D eigenvalue weighted by Gasteiger charge is -2.26. The predicted molar refractivity (Wildman–Crippen MR) is 123 cm³/mol. The van der Waals surface area contributed by atoms with Gasteiger partial charge < -0.3 is 29.4 Å². The first-order chi connectivity index (χ1) is 15.9. The molecule has 0 aromatic heterocycles. The van der Waals surface area contributed by atoms with Crippen LogP contribution in [0.4, 0.5) is 0 Å². The molecule has 1 saturated heterocycles. The molecule has 8 nitrogen and oxygen atoms in total. The second-order valence-electron chi connectivity index (χ2n) is 8.70. The zero-order valence-corrected chi connectivity index (χ0v) is 19.0. The summed E-state index contributed by atoms with van der Waals surface area (Å²) in [6.07, 6.45) is 3.47. The Bertz CT molecular complexity index is 1040. The average Bonchev–Trinajstić information content (AvgIpc) is 3.27. The van der Waals surface area contributed by atoms with E-state index in [1.54, 1.807) is 11.0 Å². The Morgan fingerprint density at radius 1 is 1.06 bits per heavy atom. The minimum absolute atomic E-state index is 0.0230. The van der Waals surface area contributed by atoms with Gasteiger partial charge in [-0.05, 0) is 54.5 Å². The minimum Gasteiger partial charge on any atom is -0.508 e. The van der Waals surface area contributed by atoms with Gasteiger partial charge in [0, 0.05) is 31.1 Å². The third-order valence-electron chi connectivity index (χ3n) is 5.96. The van der Waals surface area contributed by atoms with Crippen molar-refractivity contribution in [2.45, 2.75) is 45.4 Å². The Hall–Kier alpha value is -3.42. The summed E-state index contributed by atoms with van der Waals surface area (Å²) in [6.45, 7) is 5.41. The Kier molecular flexibility index (Phi) is 6.91. The van der Waals surface area contributed by atoms with Crippen LogP contribution in [0.1, 0.15) is 55.7 Å². The number of likely N-dealkylation sites (tertiary alicyclic amines) is 1. The van der Waals surface area contributed by atoms with Gasteiger partial charge in [0.15, 0.2) is 18.1 Å². The van der Waals surface area contributed by atoms with Crippen molar-refractivity contribution in [1.82, 2.24) is 4.90 Å². The van der Waals surface area contributed by atoms with Gasteiger partial charge in [0.1, 0.15) is 11.5 Å². The summed E-state index contributed by atoms with van der Waals surface area (Å²) >= 11 is 0. The average molecular weight is 455 g/mol.